The minimum Gasteiger partial charge on any atom is -0.489 e. The van der Waals surface area contributed by atoms with Gasteiger partial charge in [-0.1, -0.05) is 25.1 Å². The molecule has 1 amide bonds. The molecule has 7 nitrogen and oxygen atoms in total. The van der Waals surface area contributed by atoms with E-state index in [9.17, 15) is 13.2 Å². The number of carbonyl (C=O) groups is 1. The first-order valence-electron chi connectivity index (χ1n) is 10.1. The van der Waals surface area contributed by atoms with Crippen molar-refractivity contribution in [2.45, 2.75) is 37.7 Å². The Balaban J connectivity index is 1.61. The van der Waals surface area contributed by atoms with Crippen LogP contribution in [0.5, 0.6) is 5.75 Å². The van der Waals surface area contributed by atoms with E-state index < -0.39 is 10.0 Å². The zero-order valence-corrected chi connectivity index (χ0v) is 18.2. The van der Waals surface area contributed by atoms with E-state index in [1.54, 1.807) is 25.1 Å². The smallest absolute Gasteiger partial charge is 0.259 e. The molecule has 1 N–H and O–H groups in total. The minimum atomic E-state index is -3.66. The molecule has 0 spiro atoms. The average Bonchev–Trinajstić information content (AvgIpc) is 3.04. The Morgan fingerprint density at radius 1 is 1.13 bits per heavy atom. The fraction of sp³-hybridized carbons (Fsp3) is 0.409. The van der Waals surface area contributed by atoms with Gasteiger partial charge in [0.25, 0.3) is 5.91 Å². The second kappa shape index (κ2) is 8.02. The normalized spacial score (nSPS) is 21.7. The van der Waals surface area contributed by atoms with Crippen LogP contribution in [-0.4, -0.2) is 51.0 Å². The van der Waals surface area contributed by atoms with Gasteiger partial charge in [0.2, 0.25) is 10.0 Å². The maximum Gasteiger partial charge on any atom is 0.259 e. The average molecular weight is 431 g/mol. The first-order valence-corrected chi connectivity index (χ1v) is 11.5. The van der Waals surface area contributed by atoms with Crippen molar-refractivity contribution in [2.75, 3.05) is 31.6 Å². The number of ether oxygens (including phenoxy) is 2. The van der Waals surface area contributed by atoms with Gasteiger partial charge in [-0.25, -0.2) is 8.42 Å². The summed E-state index contributed by atoms with van der Waals surface area (Å²) in [5.41, 5.74) is 2.51. The van der Waals surface area contributed by atoms with Crippen LogP contribution in [0.1, 0.15) is 41.3 Å². The predicted molar refractivity (Wildman–Crippen MR) is 114 cm³/mol. The molecule has 0 saturated carbocycles. The van der Waals surface area contributed by atoms with Gasteiger partial charge in [0.15, 0.2) is 0 Å². The van der Waals surface area contributed by atoms with Gasteiger partial charge in [0.1, 0.15) is 11.9 Å². The monoisotopic (exact) mass is 430 g/mol. The molecule has 4 rings (SSSR count). The molecule has 2 unspecified atom stereocenters. The molecular weight excluding hydrogens is 404 g/mol. The Morgan fingerprint density at radius 3 is 2.60 bits per heavy atom. The third-order valence-corrected chi connectivity index (χ3v) is 7.86. The molecule has 30 heavy (non-hydrogen) atoms. The maximum atomic E-state index is 13.1. The van der Waals surface area contributed by atoms with Crippen LogP contribution in [0.25, 0.3) is 0 Å². The van der Waals surface area contributed by atoms with E-state index in [0.29, 0.717) is 48.9 Å². The van der Waals surface area contributed by atoms with Crippen molar-refractivity contribution < 1.29 is 22.7 Å². The van der Waals surface area contributed by atoms with Crippen LogP contribution in [0.3, 0.4) is 0 Å². The van der Waals surface area contributed by atoms with Gasteiger partial charge in [-0.2, -0.15) is 4.31 Å². The Hall–Kier alpha value is -2.42. The predicted octanol–water partition coefficient (Wildman–Crippen LogP) is 3.15. The number of nitrogens with zero attached hydrogens (tertiary/aromatic N) is 1. The van der Waals surface area contributed by atoms with Crippen molar-refractivity contribution in [1.29, 1.82) is 0 Å². The quantitative estimate of drug-likeness (QED) is 0.806. The molecule has 8 heteroatoms. The number of aryl methyl sites for hydroxylation is 1. The van der Waals surface area contributed by atoms with E-state index in [0.717, 1.165) is 5.56 Å². The van der Waals surface area contributed by atoms with Crippen molar-refractivity contribution >= 4 is 21.6 Å². The largest absolute Gasteiger partial charge is 0.489 e. The van der Waals surface area contributed by atoms with E-state index in [2.05, 4.69) is 12.2 Å². The van der Waals surface area contributed by atoms with Crippen LogP contribution in [-0.2, 0) is 14.8 Å². The van der Waals surface area contributed by atoms with Gasteiger partial charge >= 0.3 is 0 Å². The standard InChI is InChI=1S/C22H26N2O5S/c1-14-7-8-17(13-20(14)30(26,27)24-9-11-28-12-10-24)23-22(25)19-6-4-5-18-15(2)16(3)29-21(18)19/h4-8,13,15-16H,9-12H2,1-3H3,(H,23,25). The number of morpholine rings is 1. The molecule has 1 saturated heterocycles. The number of amides is 1. The summed E-state index contributed by atoms with van der Waals surface area (Å²) in [5, 5.41) is 2.83. The van der Waals surface area contributed by atoms with Crippen LogP contribution in [0.15, 0.2) is 41.3 Å². The van der Waals surface area contributed by atoms with Gasteiger partial charge in [-0.15, -0.1) is 0 Å². The van der Waals surface area contributed by atoms with Crippen molar-refractivity contribution in [1.82, 2.24) is 4.31 Å². The van der Waals surface area contributed by atoms with Crippen molar-refractivity contribution in [2.24, 2.45) is 0 Å². The molecule has 160 valence electrons. The molecule has 0 aliphatic carbocycles. The number of nitrogens with one attached hydrogen (secondary N) is 1. The summed E-state index contributed by atoms with van der Waals surface area (Å²) >= 11 is 0. The highest BCUT2D eigenvalue weighted by Crippen LogP contribution is 2.40. The number of hydrogen-bond acceptors (Lipinski definition) is 5. The highest BCUT2D eigenvalue weighted by atomic mass is 32.2. The first kappa shape index (κ1) is 20.8. The van der Waals surface area contributed by atoms with E-state index in [1.807, 2.05) is 19.1 Å². The number of para-hydroxylation sites is 1. The minimum absolute atomic E-state index is 0.00130. The van der Waals surface area contributed by atoms with Crippen LogP contribution < -0.4 is 10.1 Å². The lowest BCUT2D eigenvalue weighted by atomic mass is 9.97. The number of benzene rings is 2. The SMILES string of the molecule is Cc1ccc(NC(=O)c2cccc3c2OC(C)C3C)cc1S(=O)(=O)N1CCOCC1. The van der Waals surface area contributed by atoms with Gasteiger partial charge in [-0.3, -0.25) is 4.79 Å². The van der Waals surface area contributed by atoms with E-state index >= 15 is 0 Å². The molecule has 1 fully saturated rings. The molecule has 2 aliphatic heterocycles. The van der Waals surface area contributed by atoms with E-state index in [-0.39, 0.29) is 22.8 Å². The highest BCUT2D eigenvalue weighted by Gasteiger charge is 2.31. The van der Waals surface area contributed by atoms with Gasteiger partial charge in [0, 0.05) is 30.3 Å². The molecule has 2 aromatic rings. The number of rotatable bonds is 4. The molecule has 0 bridgehead atoms. The van der Waals surface area contributed by atoms with Crippen LogP contribution in [0.2, 0.25) is 0 Å². The number of fused-ring (bicyclic) bond motifs is 1. The second-order valence-corrected chi connectivity index (χ2v) is 9.69. The Labute approximate surface area is 177 Å². The maximum absolute atomic E-state index is 13.1. The second-order valence-electron chi connectivity index (χ2n) is 7.79. The lowest BCUT2D eigenvalue weighted by Crippen LogP contribution is -2.40. The fourth-order valence-corrected chi connectivity index (χ4v) is 5.50. The highest BCUT2D eigenvalue weighted by molar-refractivity contribution is 7.89. The van der Waals surface area contributed by atoms with E-state index in [4.69, 9.17) is 9.47 Å². The van der Waals surface area contributed by atoms with Gasteiger partial charge in [0.05, 0.1) is 23.7 Å². The zero-order valence-electron chi connectivity index (χ0n) is 17.3. The lowest BCUT2D eigenvalue weighted by molar-refractivity contribution is 0.0730. The van der Waals surface area contributed by atoms with Gasteiger partial charge < -0.3 is 14.8 Å². The van der Waals surface area contributed by atoms with E-state index in [1.165, 1.54) is 10.4 Å². The lowest BCUT2D eigenvalue weighted by Gasteiger charge is -2.26. The summed E-state index contributed by atoms with van der Waals surface area (Å²) in [5.74, 6) is 0.479. The number of sulfonamides is 1. The third kappa shape index (κ3) is 3.71. The number of anilines is 1. The summed E-state index contributed by atoms with van der Waals surface area (Å²) in [6.07, 6.45) is -0.00130. The fourth-order valence-electron chi connectivity index (χ4n) is 3.84. The molecule has 0 radical (unpaired) electrons. The van der Waals surface area contributed by atoms with Crippen molar-refractivity contribution in [3.63, 3.8) is 0 Å². The summed E-state index contributed by atoms with van der Waals surface area (Å²) in [6.45, 7) is 7.20. The molecule has 2 heterocycles. The summed E-state index contributed by atoms with van der Waals surface area (Å²) in [6, 6.07) is 10.5. The Morgan fingerprint density at radius 2 is 1.87 bits per heavy atom. The molecule has 0 aromatic heterocycles. The molecule has 2 aliphatic rings. The number of carbonyl (C=O) groups excluding carboxylic acids is 1. The molecule has 2 aromatic carbocycles. The first-order chi connectivity index (χ1) is 14.3. The summed E-state index contributed by atoms with van der Waals surface area (Å²) < 4.78 is 38.8. The topological polar surface area (TPSA) is 84.9 Å². The summed E-state index contributed by atoms with van der Waals surface area (Å²) in [4.78, 5) is 13.2. The van der Waals surface area contributed by atoms with Crippen molar-refractivity contribution in [3.05, 3.63) is 53.1 Å². The van der Waals surface area contributed by atoms with Crippen LogP contribution >= 0.6 is 0 Å². The van der Waals surface area contributed by atoms with Crippen LogP contribution in [0, 0.1) is 6.92 Å². The van der Waals surface area contributed by atoms with Gasteiger partial charge in [-0.05, 0) is 37.6 Å². The third-order valence-electron chi connectivity index (χ3n) is 5.82. The number of hydrogen-bond donors (Lipinski definition) is 1. The molecular formula is C22H26N2O5S. The summed E-state index contributed by atoms with van der Waals surface area (Å²) in [7, 11) is -3.66. The molecule has 2 atom stereocenters. The zero-order chi connectivity index (χ0) is 21.5. The Kier molecular flexibility index (Phi) is 5.57. The van der Waals surface area contributed by atoms with Crippen molar-refractivity contribution in [3.8, 4) is 5.75 Å². The Bertz CT molecular complexity index is 1080. The van der Waals surface area contributed by atoms with Crippen LogP contribution in [0.4, 0.5) is 5.69 Å².